The summed E-state index contributed by atoms with van der Waals surface area (Å²) in [6.07, 6.45) is 1.44. The summed E-state index contributed by atoms with van der Waals surface area (Å²) in [4.78, 5) is 50.1. The minimum Gasteiger partial charge on any atom is -0.493 e. The summed E-state index contributed by atoms with van der Waals surface area (Å²) in [5.41, 5.74) is 0.884. The molecule has 0 aliphatic carbocycles. The molecule has 0 atom stereocenters. The van der Waals surface area contributed by atoms with Gasteiger partial charge in [0.15, 0.2) is 18.1 Å². The van der Waals surface area contributed by atoms with E-state index in [9.17, 15) is 23.6 Å². The quantitative estimate of drug-likeness (QED) is 0.213. The molecule has 1 aliphatic rings. The fourth-order valence-electron chi connectivity index (χ4n) is 3.51. The highest BCUT2D eigenvalue weighted by atomic mass is 79.9. The zero-order valence-electron chi connectivity index (χ0n) is 20.6. The van der Waals surface area contributed by atoms with E-state index < -0.39 is 29.6 Å². The predicted octanol–water partition coefficient (Wildman–Crippen LogP) is 4.09. The fraction of sp³-hybridized carbons (Fsp3) is 0.154. The largest absolute Gasteiger partial charge is 0.493 e. The number of hydrogen-bond donors (Lipinski definition) is 2. The first-order chi connectivity index (χ1) is 18.7. The van der Waals surface area contributed by atoms with Crippen LogP contribution in [0.25, 0.3) is 6.08 Å². The number of ether oxygens (including phenoxy) is 3. The van der Waals surface area contributed by atoms with Gasteiger partial charge in [-0.15, -0.1) is 0 Å². The number of esters is 1. The third kappa shape index (κ3) is 6.44. The van der Waals surface area contributed by atoms with Gasteiger partial charge in [-0.2, -0.15) is 0 Å². The second-order valence-corrected chi connectivity index (χ2v) is 8.86. The maximum absolute atomic E-state index is 13.0. The Morgan fingerprint density at radius 1 is 1.10 bits per heavy atom. The number of nitrogens with zero attached hydrogens (tertiary/aromatic N) is 1. The first kappa shape index (κ1) is 27.4. The number of carbonyl (C=O) groups excluding carboxylic acids is 4. The van der Waals surface area contributed by atoms with Crippen LogP contribution < -0.4 is 20.1 Å². The molecule has 3 aromatic rings. The fourth-order valence-corrected chi connectivity index (χ4v) is 3.94. The number of carbonyl (C=O) groups is 4. The summed E-state index contributed by atoms with van der Waals surface area (Å²) in [7, 11) is 2.61. The van der Waals surface area contributed by atoms with Gasteiger partial charge in [0.1, 0.15) is 17.3 Å². The molecule has 4 amide bonds. The number of imide groups is 1. The Morgan fingerprint density at radius 3 is 2.54 bits per heavy atom. The van der Waals surface area contributed by atoms with Gasteiger partial charge in [0, 0.05) is 10.2 Å². The Labute approximate surface area is 229 Å². The Kier molecular flexibility index (Phi) is 8.30. The summed E-state index contributed by atoms with van der Waals surface area (Å²) >= 11 is 3.40. The topological polar surface area (TPSA) is 136 Å². The van der Waals surface area contributed by atoms with Crippen molar-refractivity contribution in [2.24, 2.45) is 0 Å². The van der Waals surface area contributed by atoms with Gasteiger partial charge in [0.05, 0.1) is 20.8 Å². The van der Waals surface area contributed by atoms with Crippen LogP contribution in [-0.4, -0.2) is 49.5 Å². The molecular weight excluding hydrogens is 581 g/mol. The molecule has 39 heavy (non-hydrogen) atoms. The molecule has 11 nitrogen and oxygen atoms in total. The number of halogens is 2. The SMILES string of the molecule is COC(=O)c1ccc(CN2C(=O)N/C(=C\c3cc(OC)c(OCC(=O)Nc4ccc(F)cc4)cc3Br)C2=O)o1. The zero-order valence-corrected chi connectivity index (χ0v) is 22.2. The van der Waals surface area contributed by atoms with Crippen LogP contribution in [0.1, 0.15) is 21.9 Å². The molecule has 2 aromatic carbocycles. The van der Waals surface area contributed by atoms with Crippen LogP contribution in [0.5, 0.6) is 11.5 Å². The molecule has 0 saturated carbocycles. The smallest absolute Gasteiger partial charge is 0.373 e. The van der Waals surface area contributed by atoms with Crippen LogP contribution in [0.4, 0.5) is 14.9 Å². The molecule has 4 rings (SSSR count). The summed E-state index contributed by atoms with van der Waals surface area (Å²) in [5, 5.41) is 5.09. The van der Waals surface area contributed by atoms with E-state index in [4.69, 9.17) is 13.9 Å². The van der Waals surface area contributed by atoms with Gasteiger partial charge in [0.25, 0.3) is 11.8 Å². The van der Waals surface area contributed by atoms with Gasteiger partial charge in [-0.25, -0.2) is 14.0 Å². The molecule has 1 saturated heterocycles. The van der Waals surface area contributed by atoms with E-state index in [1.807, 2.05) is 0 Å². The van der Waals surface area contributed by atoms with Crippen molar-refractivity contribution in [3.05, 3.63) is 81.6 Å². The van der Waals surface area contributed by atoms with E-state index in [0.29, 0.717) is 15.7 Å². The molecular formula is C26H21BrFN3O8. The van der Waals surface area contributed by atoms with Crippen LogP contribution in [0.3, 0.4) is 0 Å². The average molecular weight is 602 g/mol. The minimum absolute atomic E-state index is 0.00477. The highest BCUT2D eigenvalue weighted by Crippen LogP contribution is 2.35. The lowest BCUT2D eigenvalue weighted by Gasteiger charge is -2.13. The van der Waals surface area contributed by atoms with Crippen molar-refractivity contribution in [3.8, 4) is 11.5 Å². The second kappa shape index (κ2) is 11.8. The van der Waals surface area contributed by atoms with Crippen molar-refractivity contribution in [3.63, 3.8) is 0 Å². The van der Waals surface area contributed by atoms with E-state index in [1.165, 1.54) is 56.7 Å². The van der Waals surface area contributed by atoms with E-state index in [-0.39, 0.29) is 41.9 Å². The minimum atomic E-state index is -0.682. The van der Waals surface area contributed by atoms with Crippen molar-refractivity contribution in [2.45, 2.75) is 6.54 Å². The van der Waals surface area contributed by atoms with Crippen molar-refractivity contribution in [1.29, 1.82) is 0 Å². The first-order valence-corrected chi connectivity index (χ1v) is 12.0. The Bertz CT molecular complexity index is 1470. The van der Waals surface area contributed by atoms with Crippen LogP contribution in [0, 0.1) is 5.82 Å². The number of amides is 4. The number of furan rings is 1. The molecule has 0 bridgehead atoms. The van der Waals surface area contributed by atoms with Crippen LogP contribution in [0.15, 0.2) is 63.1 Å². The molecule has 1 aromatic heterocycles. The highest BCUT2D eigenvalue weighted by Gasteiger charge is 2.34. The van der Waals surface area contributed by atoms with Crippen LogP contribution in [-0.2, 0) is 20.9 Å². The Balaban J connectivity index is 1.45. The Hall–Kier alpha value is -4.65. The lowest BCUT2D eigenvalue weighted by Crippen LogP contribution is -2.30. The number of nitrogens with one attached hydrogen (secondary N) is 2. The lowest BCUT2D eigenvalue weighted by molar-refractivity contribution is -0.123. The summed E-state index contributed by atoms with van der Waals surface area (Å²) in [6, 6.07) is 10.6. The van der Waals surface area contributed by atoms with Gasteiger partial charge in [-0.3, -0.25) is 14.5 Å². The van der Waals surface area contributed by atoms with Gasteiger partial charge in [-0.1, -0.05) is 15.9 Å². The lowest BCUT2D eigenvalue weighted by atomic mass is 10.1. The predicted molar refractivity (Wildman–Crippen MR) is 138 cm³/mol. The molecule has 2 heterocycles. The maximum Gasteiger partial charge on any atom is 0.373 e. The van der Waals surface area contributed by atoms with Gasteiger partial charge in [0.2, 0.25) is 5.76 Å². The van der Waals surface area contributed by atoms with Crippen molar-refractivity contribution in [2.75, 3.05) is 26.1 Å². The normalized spacial score (nSPS) is 13.8. The standard InChI is InChI=1S/C26H21BrFN3O8/c1-36-21-10-14(18(27)11-22(21)38-13-23(32)29-16-5-3-15(28)4-6-16)9-19-24(33)31(26(35)30-19)12-17-7-8-20(39-17)25(34)37-2/h3-11H,12-13H2,1-2H3,(H,29,32)(H,30,35)/b19-9-. The van der Waals surface area contributed by atoms with E-state index in [0.717, 1.165) is 4.90 Å². The molecule has 13 heteroatoms. The molecule has 1 fully saturated rings. The number of rotatable bonds is 9. The summed E-state index contributed by atoms with van der Waals surface area (Å²) in [6.45, 7) is -0.551. The number of urea groups is 1. The molecule has 202 valence electrons. The second-order valence-electron chi connectivity index (χ2n) is 8.01. The van der Waals surface area contributed by atoms with Crippen LogP contribution >= 0.6 is 15.9 Å². The Morgan fingerprint density at radius 2 is 1.85 bits per heavy atom. The molecule has 1 aliphatic heterocycles. The van der Waals surface area contributed by atoms with Gasteiger partial charge >= 0.3 is 12.0 Å². The van der Waals surface area contributed by atoms with E-state index in [2.05, 4.69) is 31.3 Å². The molecule has 2 N–H and O–H groups in total. The molecule has 0 spiro atoms. The van der Waals surface area contributed by atoms with Crippen molar-refractivity contribution in [1.82, 2.24) is 10.2 Å². The summed E-state index contributed by atoms with van der Waals surface area (Å²) < 4.78 is 34.4. The van der Waals surface area contributed by atoms with Crippen LogP contribution in [0.2, 0.25) is 0 Å². The number of hydrogen-bond acceptors (Lipinski definition) is 8. The maximum atomic E-state index is 13.0. The van der Waals surface area contributed by atoms with Crippen molar-refractivity contribution >= 4 is 51.5 Å². The third-order valence-corrected chi connectivity index (χ3v) is 6.08. The monoisotopic (exact) mass is 601 g/mol. The average Bonchev–Trinajstić information content (AvgIpc) is 3.49. The van der Waals surface area contributed by atoms with E-state index in [1.54, 1.807) is 12.1 Å². The molecule has 0 unspecified atom stereocenters. The van der Waals surface area contributed by atoms with Gasteiger partial charge in [-0.05, 0) is 60.2 Å². The summed E-state index contributed by atoms with van der Waals surface area (Å²) in [5.74, 6) is -1.52. The number of methoxy groups -OCH3 is 2. The number of benzene rings is 2. The first-order valence-electron chi connectivity index (χ1n) is 11.3. The van der Waals surface area contributed by atoms with E-state index >= 15 is 0 Å². The third-order valence-electron chi connectivity index (χ3n) is 5.39. The highest BCUT2D eigenvalue weighted by molar-refractivity contribution is 9.10. The van der Waals surface area contributed by atoms with Gasteiger partial charge < -0.3 is 29.3 Å². The molecule has 0 radical (unpaired) electrons. The van der Waals surface area contributed by atoms with Crippen molar-refractivity contribution < 1.29 is 42.2 Å². The zero-order chi connectivity index (χ0) is 28.1. The number of anilines is 1.